The minimum absolute atomic E-state index is 0.0233. The molecule has 0 radical (unpaired) electrons. The molecule has 10 aromatic carbocycles. The van der Waals surface area contributed by atoms with Crippen LogP contribution in [0.15, 0.2) is 303 Å². The van der Waals surface area contributed by atoms with E-state index in [1.165, 1.54) is 26.0 Å². The highest BCUT2D eigenvalue weighted by atomic mass is 32.2. The highest BCUT2D eigenvalue weighted by Gasteiger charge is 2.63. The van der Waals surface area contributed by atoms with E-state index in [4.69, 9.17) is 0 Å². The lowest BCUT2D eigenvalue weighted by Crippen LogP contribution is -2.71. The number of benzene rings is 10. The van der Waals surface area contributed by atoms with E-state index in [0.29, 0.717) is 58.8 Å². The van der Waals surface area contributed by atoms with E-state index in [1.54, 1.807) is 224 Å². The van der Waals surface area contributed by atoms with E-state index in [1.807, 2.05) is 92.7 Å². The number of barbiturate groups is 5. The second-order valence-corrected chi connectivity index (χ2v) is 32.0. The van der Waals surface area contributed by atoms with Crippen LogP contribution in [0.1, 0.15) is 72.1 Å². The average molecular weight is 1780 g/mol. The summed E-state index contributed by atoms with van der Waals surface area (Å²) >= 11 is 0. The largest absolute Gasteiger partial charge is 0.395 e. The lowest BCUT2D eigenvalue weighted by atomic mass is 9.84. The number of nitrogens with zero attached hydrogens (tertiary/aromatic N) is 7. The van der Waals surface area contributed by atoms with Crippen molar-refractivity contribution in [3.63, 3.8) is 0 Å². The molecule has 0 bridgehead atoms. The van der Waals surface area contributed by atoms with Crippen molar-refractivity contribution in [1.82, 2.24) is 56.8 Å². The zero-order valence-electron chi connectivity index (χ0n) is 71.8. The summed E-state index contributed by atoms with van der Waals surface area (Å²) in [4.78, 5) is 199. The van der Waals surface area contributed by atoms with Gasteiger partial charge in [0.2, 0.25) is 26.9 Å². The van der Waals surface area contributed by atoms with Crippen LogP contribution in [-0.2, 0) is 100 Å². The highest BCUT2D eigenvalue weighted by molar-refractivity contribution is 7.88. The lowest BCUT2D eigenvalue weighted by Gasteiger charge is -2.42. The molecule has 5 heterocycles. The predicted molar refractivity (Wildman–Crippen MR) is 484 cm³/mol. The number of unbranched alkanes of at least 4 members (excludes halogenated alkanes) is 1. The van der Waals surface area contributed by atoms with E-state index < -0.39 is 127 Å². The predicted octanol–water partition coefficient (Wildman–Crippen LogP) is 8.52. The molecule has 670 valence electrons. The zero-order chi connectivity index (χ0) is 93.3. The number of rotatable bonds is 27. The Bertz CT molecular complexity index is 5730. The molecule has 15 rings (SSSR count). The van der Waals surface area contributed by atoms with Crippen LogP contribution in [0.3, 0.4) is 0 Å². The van der Waals surface area contributed by atoms with Gasteiger partial charge in [0.05, 0.1) is 30.3 Å². The lowest BCUT2D eigenvalue weighted by molar-refractivity contribution is -0.153. The summed E-state index contributed by atoms with van der Waals surface area (Å²) < 4.78 is 11.6. The van der Waals surface area contributed by atoms with Crippen LogP contribution in [-0.4, -0.2) is 188 Å². The number of carbonyl (C=O) groups is 15. The third-order valence-electron chi connectivity index (χ3n) is 22.1. The van der Waals surface area contributed by atoms with Crippen molar-refractivity contribution in [3.05, 3.63) is 342 Å². The molecule has 33 heteroatoms. The molecule has 0 saturated carbocycles. The monoisotopic (exact) mass is 1780 g/mol. The van der Waals surface area contributed by atoms with Gasteiger partial charge < -0.3 is 10.2 Å². The number of aliphatic hydroxyl groups excluding tert-OH is 2. The van der Waals surface area contributed by atoms with Gasteiger partial charge in [0, 0.05) is 70.3 Å². The molecule has 5 aliphatic rings. The standard InChI is InChI=1S/C23H19N3O3.C22H24N2O4S.2C19H19N3O3.C14H17N3O5/c27-20-23(18-12-6-2-7-13-18,24-16-17-10-4-1-5-11-17)21(28)26(22(29)25-20)19-14-8-3-9-15-19;1-3-4-15-29(28)22(16-17-11-7-5-8-12-17)19(25)23(2)21(27)24(20(22)26)18-13-9-6-10-14-18;1-21-16(23)19(15-11-7-4-8-12-15,17(24)22(2)18(21)25)20-13-14-9-5-3-6-10-14;1-2-13-20-19(14-9-5-3-6-10-14)16(23)21-18(25)22(17(19)24)15-11-7-4-8-12-15;18-8-6-17(7-9-19)14(10-4-2-1-3-5-10)11(20)15-13(22)16-12(14)21/h1-15,24H,16H2,(H,25,27,29);5-14H,3-4,15-16H2,1-2H3;3-12,20H,13H2,1-2H3;3-12,20H,2,13H2,1H3,(H,21,23,25);1-5,18-19H,6-9H2,(H2,15,16,20,21,22). The van der Waals surface area contributed by atoms with Crippen LogP contribution < -0.4 is 51.9 Å². The van der Waals surface area contributed by atoms with Crippen LogP contribution in [0.2, 0.25) is 0 Å². The van der Waals surface area contributed by atoms with Gasteiger partial charge in [0.25, 0.3) is 59.1 Å². The summed E-state index contributed by atoms with van der Waals surface area (Å²) in [6, 6.07) is 84.2. The summed E-state index contributed by atoms with van der Waals surface area (Å²) in [6.45, 7) is 4.25. The number of nitrogens with one attached hydrogen (secondary N) is 7. The molecule has 5 saturated heterocycles. The van der Waals surface area contributed by atoms with Crippen molar-refractivity contribution in [2.24, 2.45) is 0 Å². The zero-order valence-corrected chi connectivity index (χ0v) is 72.6. The van der Waals surface area contributed by atoms with Crippen LogP contribution >= 0.6 is 0 Å². The number of para-hydroxylation sites is 3. The Balaban J connectivity index is 0.000000158. The Hall–Kier alpha value is -14.8. The molecule has 9 N–H and O–H groups in total. The summed E-state index contributed by atoms with van der Waals surface area (Å²) in [5.74, 6) is -6.60. The van der Waals surface area contributed by atoms with Crippen LogP contribution in [0.5, 0.6) is 0 Å². The maximum atomic E-state index is 13.7. The van der Waals surface area contributed by atoms with E-state index in [-0.39, 0.29) is 45.0 Å². The number of carbonyl (C=O) groups excluding carboxylic acids is 15. The molecule has 4 unspecified atom stereocenters. The molecule has 130 heavy (non-hydrogen) atoms. The summed E-state index contributed by atoms with van der Waals surface area (Å²) in [5.41, 5.74) is -1.29. The number of urea groups is 5. The van der Waals surface area contributed by atoms with Crippen molar-refractivity contribution in [3.8, 4) is 0 Å². The first kappa shape index (κ1) is 95.8. The van der Waals surface area contributed by atoms with Gasteiger partial charge in [-0.1, -0.05) is 287 Å². The fourth-order valence-corrected chi connectivity index (χ4v) is 17.3. The van der Waals surface area contributed by atoms with Crippen LogP contribution in [0.4, 0.5) is 41.0 Å². The molecule has 0 spiro atoms. The SMILES string of the molecule is CCCCS(=O)C1(Cc2ccccc2)C(=O)N(C)C(=O)N(c2ccccc2)C1=O.CCCNC1(c2ccccc2)C(=O)NC(=O)N(c2ccccc2)C1=O.CN1C(=O)N(C)C(=O)C(NCc2ccccc2)(c2ccccc2)C1=O.O=C1NC(=O)C(NCc2ccccc2)(c2ccccc2)C(=O)N1c1ccccc1.O=C1NC(=O)C(c2ccccc2)(N(CCO)CCO)C(=O)N1. The second-order valence-electron chi connectivity index (χ2n) is 30.2. The number of likely N-dealkylation sites (N-methyl/N-ethyl adjacent to an activating group) is 2. The minimum atomic E-state index is -1.84. The van der Waals surface area contributed by atoms with E-state index >= 15 is 0 Å². The first-order chi connectivity index (χ1) is 62.7. The van der Waals surface area contributed by atoms with Gasteiger partial charge in [-0.25, -0.2) is 38.7 Å². The van der Waals surface area contributed by atoms with Crippen LogP contribution in [0, 0.1) is 0 Å². The van der Waals surface area contributed by atoms with Crippen molar-refractivity contribution in [1.29, 1.82) is 0 Å². The smallest absolute Gasteiger partial charge is 0.337 e. The van der Waals surface area contributed by atoms with Crippen molar-refractivity contribution in [2.45, 2.75) is 79.5 Å². The summed E-state index contributed by atoms with van der Waals surface area (Å²) in [5, 5.41) is 36.6. The quantitative estimate of drug-likeness (QED) is 0.0218. The van der Waals surface area contributed by atoms with Gasteiger partial charge in [-0.3, -0.25) is 109 Å². The molecule has 10 aromatic rings. The van der Waals surface area contributed by atoms with E-state index in [0.717, 1.165) is 58.9 Å². The molecule has 0 aromatic heterocycles. The van der Waals surface area contributed by atoms with Crippen LogP contribution in [0.25, 0.3) is 0 Å². The van der Waals surface area contributed by atoms with Gasteiger partial charge >= 0.3 is 30.2 Å². The van der Waals surface area contributed by atoms with Gasteiger partial charge in [-0.15, -0.1) is 0 Å². The van der Waals surface area contributed by atoms with Gasteiger partial charge in [0.15, 0.2) is 0 Å². The molecule has 20 amide bonds. The van der Waals surface area contributed by atoms with Gasteiger partial charge in [-0.05, 0) is 94.7 Å². The number of amides is 20. The molecular formula is C97H98N14O18S. The Morgan fingerprint density at radius 2 is 0.662 bits per heavy atom. The number of hydrogen-bond donors (Lipinski definition) is 9. The van der Waals surface area contributed by atoms with E-state index in [9.17, 15) is 86.3 Å². The van der Waals surface area contributed by atoms with E-state index in [2.05, 4.69) is 37.2 Å². The van der Waals surface area contributed by atoms with Gasteiger partial charge in [0.1, 0.15) is 0 Å². The Kier molecular flexibility index (Phi) is 32.1. The number of anilines is 3. The first-order valence-corrected chi connectivity index (χ1v) is 43.0. The molecule has 0 aliphatic carbocycles. The third kappa shape index (κ3) is 19.6. The average Bonchev–Trinajstić information content (AvgIpc) is 0.742. The molecule has 5 fully saturated rings. The first-order valence-electron chi connectivity index (χ1n) is 41.7. The Morgan fingerprint density at radius 1 is 0.338 bits per heavy atom. The number of hydrogen-bond acceptors (Lipinski definition) is 22. The maximum Gasteiger partial charge on any atom is 0.337 e. The van der Waals surface area contributed by atoms with Gasteiger partial charge in [-0.2, -0.15) is 0 Å². The number of imide groups is 10. The summed E-state index contributed by atoms with van der Waals surface area (Å²) in [7, 11) is 2.32. The van der Waals surface area contributed by atoms with Crippen molar-refractivity contribution >= 4 is 117 Å². The van der Waals surface area contributed by atoms with Crippen molar-refractivity contribution in [2.75, 3.05) is 74.4 Å². The maximum absolute atomic E-state index is 13.7. The Labute approximate surface area is 752 Å². The Morgan fingerprint density at radius 3 is 1.03 bits per heavy atom. The minimum Gasteiger partial charge on any atom is -0.395 e. The molecule has 5 aliphatic heterocycles. The molecule has 4 atom stereocenters. The number of aliphatic hydroxyl groups is 2. The molecular weight excluding hydrogens is 1680 g/mol. The highest BCUT2D eigenvalue weighted by Crippen LogP contribution is 2.39. The fraction of sp³-hybridized carbons (Fsp3) is 0.227. The molecule has 32 nitrogen and oxygen atoms in total. The third-order valence-corrected chi connectivity index (χ3v) is 24.0. The fourth-order valence-electron chi connectivity index (χ4n) is 15.4. The second kappa shape index (κ2) is 43.6. The van der Waals surface area contributed by atoms with Crippen molar-refractivity contribution < 1.29 is 86.3 Å². The topological polar surface area (TPSA) is 420 Å². The normalized spacial score (nSPS) is 19.1. The summed E-state index contributed by atoms with van der Waals surface area (Å²) in [6.07, 6.45) is 2.11.